The zero-order valence-corrected chi connectivity index (χ0v) is 10.1. The molecule has 0 aliphatic carbocycles. The number of rotatable bonds is 2. The summed E-state index contributed by atoms with van der Waals surface area (Å²) in [4.78, 5) is 16.4. The Morgan fingerprint density at radius 2 is 2.17 bits per heavy atom. The van der Waals surface area contributed by atoms with Crippen LogP contribution in [-0.2, 0) is 4.79 Å². The second-order valence-electron chi connectivity index (χ2n) is 4.52. The molecule has 3 nitrogen and oxygen atoms in total. The average molecular weight is 238 g/mol. The van der Waals surface area contributed by atoms with Crippen molar-refractivity contribution in [1.82, 2.24) is 9.88 Å². The maximum atomic E-state index is 11.2. The maximum absolute atomic E-state index is 11.2. The predicted octanol–water partition coefficient (Wildman–Crippen LogP) is 2.79. The number of para-hydroxylation sites is 1. The fourth-order valence-electron chi connectivity index (χ4n) is 2.43. The number of allylic oxidation sites excluding steroid dienone is 2. The number of carbonyl (C=O) groups is 1. The first-order valence-corrected chi connectivity index (χ1v) is 5.93. The van der Waals surface area contributed by atoms with Crippen LogP contribution in [-0.4, -0.2) is 23.2 Å². The van der Waals surface area contributed by atoms with Crippen molar-refractivity contribution in [1.29, 1.82) is 0 Å². The standard InChI is InChI=1S/C15H14N2O/c1-17-7-6-12(11(9-17)10-18)14-8-16-15-5-3-2-4-13(14)15/h2-10,12,16H,1H3. The van der Waals surface area contributed by atoms with E-state index in [1.54, 1.807) is 0 Å². The third-order valence-electron chi connectivity index (χ3n) is 3.32. The van der Waals surface area contributed by atoms with Crippen LogP contribution in [0.4, 0.5) is 0 Å². The highest BCUT2D eigenvalue weighted by molar-refractivity contribution is 5.87. The molecular weight excluding hydrogens is 224 g/mol. The number of aromatic amines is 1. The molecule has 0 radical (unpaired) electrons. The third-order valence-corrected chi connectivity index (χ3v) is 3.32. The van der Waals surface area contributed by atoms with Crippen molar-refractivity contribution in [2.75, 3.05) is 7.05 Å². The highest BCUT2D eigenvalue weighted by Crippen LogP contribution is 2.33. The number of nitrogens with one attached hydrogen (secondary N) is 1. The minimum Gasteiger partial charge on any atom is -0.361 e. The highest BCUT2D eigenvalue weighted by Gasteiger charge is 2.20. The molecule has 1 aliphatic rings. The summed E-state index contributed by atoms with van der Waals surface area (Å²) >= 11 is 0. The zero-order chi connectivity index (χ0) is 12.5. The van der Waals surface area contributed by atoms with Crippen LogP contribution >= 0.6 is 0 Å². The van der Waals surface area contributed by atoms with Crippen LogP contribution in [0.5, 0.6) is 0 Å². The van der Waals surface area contributed by atoms with Crippen LogP contribution < -0.4 is 0 Å². The number of benzene rings is 1. The number of aromatic nitrogens is 1. The molecular formula is C15H14N2O. The summed E-state index contributed by atoms with van der Waals surface area (Å²) in [5, 5.41) is 1.17. The quantitative estimate of drug-likeness (QED) is 0.817. The Hall–Kier alpha value is -2.29. The number of nitrogens with zero attached hydrogens (tertiary/aromatic N) is 1. The van der Waals surface area contributed by atoms with Crippen LogP contribution in [0.25, 0.3) is 10.9 Å². The Morgan fingerprint density at radius 1 is 1.33 bits per heavy atom. The van der Waals surface area contributed by atoms with Crippen molar-refractivity contribution < 1.29 is 4.79 Å². The molecule has 0 saturated heterocycles. The first kappa shape index (κ1) is 10.8. The smallest absolute Gasteiger partial charge is 0.148 e. The van der Waals surface area contributed by atoms with Crippen LogP contribution in [0.1, 0.15) is 11.5 Å². The molecule has 0 fully saturated rings. The van der Waals surface area contributed by atoms with Crippen molar-refractivity contribution in [3.05, 3.63) is 60.1 Å². The van der Waals surface area contributed by atoms with E-state index in [-0.39, 0.29) is 5.92 Å². The first-order valence-electron chi connectivity index (χ1n) is 5.93. The molecule has 1 unspecified atom stereocenters. The first-order chi connectivity index (χ1) is 8.79. The van der Waals surface area contributed by atoms with Gasteiger partial charge in [-0.2, -0.15) is 0 Å². The molecule has 0 bridgehead atoms. The number of hydrogen-bond acceptors (Lipinski definition) is 2. The van der Waals surface area contributed by atoms with Gasteiger partial charge in [-0.3, -0.25) is 4.79 Å². The zero-order valence-electron chi connectivity index (χ0n) is 10.1. The minimum absolute atomic E-state index is 0.0369. The van der Waals surface area contributed by atoms with Crippen LogP contribution in [0.15, 0.2) is 54.5 Å². The number of H-pyrrole nitrogens is 1. The molecule has 3 heteroatoms. The Kier molecular flexibility index (Phi) is 2.52. The van der Waals surface area contributed by atoms with Gasteiger partial charge in [-0.1, -0.05) is 24.3 Å². The normalized spacial score (nSPS) is 19.1. The van der Waals surface area contributed by atoms with Gasteiger partial charge in [-0.15, -0.1) is 0 Å². The molecule has 2 heterocycles. The Labute approximate surface area is 105 Å². The van der Waals surface area contributed by atoms with Gasteiger partial charge in [0.05, 0.1) is 0 Å². The van der Waals surface area contributed by atoms with Crippen LogP contribution in [0.3, 0.4) is 0 Å². The molecule has 1 aromatic heterocycles. The predicted molar refractivity (Wildman–Crippen MR) is 72.1 cm³/mol. The van der Waals surface area contributed by atoms with Crippen LogP contribution in [0.2, 0.25) is 0 Å². The van der Waals surface area contributed by atoms with Gasteiger partial charge >= 0.3 is 0 Å². The topological polar surface area (TPSA) is 36.1 Å². The van der Waals surface area contributed by atoms with Gasteiger partial charge in [0.2, 0.25) is 0 Å². The summed E-state index contributed by atoms with van der Waals surface area (Å²) in [6.45, 7) is 0. The van der Waals surface area contributed by atoms with Gasteiger partial charge in [-0.25, -0.2) is 0 Å². The molecule has 2 aromatic rings. The van der Waals surface area contributed by atoms with Gasteiger partial charge in [0.15, 0.2) is 0 Å². The lowest BCUT2D eigenvalue weighted by Crippen LogP contribution is -2.13. The largest absolute Gasteiger partial charge is 0.361 e. The van der Waals surface area contributed by atoms with Gasteiger partial charge in [-0.05, 0) is 11.6 Å². The van der Waals surface area contributed by atoms with Crippen LogP contribution in [0, 0.1) is 0 Å². The summed E-state index contributed by atoms with van der Waals surface area (Å²) in [6.07, 6.45) is 8.84. The van der Waals surface area contributed by atoms with E-state index in [1.807, 2.05) is 48.7 Å². The molecule has 0 spiro atoms. The number of fused-ring (bicyclic) bond motifs is 1. The number of carbonyl (C=O) groups excluding carboxylic acids is 1. The summed E-state index contributed by atoms with van der Waals surface area (Å²) in [5.41, 5.74) is 3.03. The Balaban J connectivity index is 2.12. The Bertz CT molecular complexity index is 651. The molecule has 1 N–H and O–H groups in total. The third kappa shape index (κ3) is 1.64. The maximum Gasteiger partial charge on any atom is 0.148 e. The fourth-order valence-corrected chi connectivity index (χ4v) is 2.43. The van der Waals surface area contributed by atoms with E-state index in [4.69, 9.17) is 0 Å². The van der Waals surface area contributed by atoms with Crippen molar-refractivity contribution in [2.24, 2.45) is 0 Å². The molecule has 1 atom stereocenters. The lowest BCUT2D eigenvalue weighted by atomic mass is 9.90. The van der Waals surface area contributed by atoms with Crippen molar-refractivity contribution in [3.63, 3.8) is 0 Å². The van der Waals surface area contributed by atoms with E-state index < -0.39 is 0 Å². The summed E-state index contributed by atoms with van der Waals surface area (Å²) < 4.78 is 0. The Morgan fingerprint density at radius 3 is 3.00 bits per heavy atom. The molecule has 90 valence electrons. The second-order valence-corrected chi connectivity index (χ2v) is 4.52. The van der Waals surface area contributed by atoms with E-state index in [2.05, 4.69) is 17.1 Å². The molecule has 0 amide bonds. The molecule has 3 rings (SSSR count). The van der Waals surface area contributed by atoms with Crippen molar-refractivity contribution in [2.45, 2.75) is 5.92 Å². The van der Waals surface area contributed by atoms with Crippen molar-refractivity contribution in [3.8, 4) is 0 Å². The van der Waals surface area contributed by atoms with E-state index in [1.165, 1.54) is 5.39 Å². The molecule has 18 heavy (non-hydrogen) atoms. The average Bonchev–Trinajstić information content (AvgIpc) is 2.82. The minimum atomic E-state index is 0.0369. The van der Waals surface area contributed by atoms with E-state index in [0.717, 1.165) is 22.9 Å². The van der Waals surface area contributed by atoms with E-state index in [9.17, 15) is 4.79 Å². The lowest BCUT2D eigenvalue weighted by molar-refractivity contribution is -0.105. The summed E-state index contributed by atoms with van der Waals surface area (Å²) in [7, 11) is 1.92. The second kappa shape index (κ2) is 4.18. The molecule has 0 saturated carbocycles. The van der Waals surface area contributed by atoms with Gasteiger partial charge in [0.25, 0.3) is 0 Å². The molecule has 1 aromatic carbocycles. The fraction of sp³-hybridized carbons (Fsp3) is 0.133. The van der Waals surface area contributed by atoms with Gasteiger partial charge in [0.1, 0.15) is 6.29 Å². The summed E-state index contributed by atoms with van der Waals surface area (Å²) in [6, 6.07) is 8.14. The number of aldehydes is 1. The van der Waals surface area contributed by atoms with Crippen molar-refractivity contribution >= 4 is 17.2 Å². The highest BCUT2D eigenvalue weighted by atomic mass is 16.1. The van der Waals surface area contributed by atoms with Gasteiger partial charge < -0.3 is 9.88 Å². The van der Waals surface area contributed by atoms with E-state index in [0.29, 0.717) is 0 Å². The number of hydrogen-bond donors (Lipinski definition) is 1. The van der Waals surface area contributed by atoms with E-state index >= 15 is 0 Å². The van der Waals surface area contributed by atoms with Gasteiger partial charge in [0, 0.05) is 48.0 Å². The SMILES string of the molecule is CN1C=CC(c2c[nH]c3ccccc23)C(C=O)=C1. The molecule has 1 aliphatic heterocycles. The lowest BCUT2D eigenvalue weighted by Gasteiger charge is -2.21. The summed E-state index contributed by atoms with van der Waals surface area (Å²) in [5.74, 6) is 0.0369. The monoisotopic (exact) mass is 238 g/mol.